The first-order valence-electron chi connectivity index (χ1n) is 6.00. The van der Waals surface area contributed by atoms with Gasteiger partial charge in [0.05, 0.1) is 17.7 Å². The van der Waals surface area contributed by atoms with Crippen molar-refractivity contribution in [1.82, 2.24) is 5.32 Å². The van der Waals surface area contributed by atoms with Crippen LogP contribution in [0.1, 0.15) is 36.0 Å². The van der Waals surface area contributed by atoms with Gasteiger partial charge in [0.25, 0.3) is 5.91 Å². The Kier molecular flexibility index (Phi) is 4.23. The van der Waals surface area contributed by atoms with E-state index in [1.165, 1.54) is 12.3 Å². The second kappa shape index (κ2) is 5.56. The first-order chi connectivity index (χ1) is 8.89. The maximum absolute atomic E-state index is 12.9. The van der Waals surface area contributed by atoms with Crippen LogP contribution in [0.4, 0.5) is 13.2 Å². The zero-order valence-electron chi connectivity index (χ0n) is 9.97. The van der Waals surface area contributed by atoms with Crippen molar-refractivity contribution in [3.8, 4) is 0 Å². The van der Waals surface area contributed by atoms with Crippen molar-refractivity contribution in [1.29, 1.82) is 0 Å². The van der Waals surface area contributed by atoms with E-state index in [4.69, 9.17) is 4.42 Å². The van der Waals surface area contributed by atoms with Gasteiger partial charge in [0.15, 0.2) is 4.67 Å². The molecule has 0 aromatic carbocycles. The van der Waals surface area contributed by atoms with Gasteiger partial charge in [0.1, 0.15) is 0 Å². The van der Waals surface area contributed by atoms with Crippen LogP contribution in [0.3, 0.4) is 0 Å². The minimum absolute atomic E-state index is 0.0704. The van der Waals surface area contributed by atoms with E-state index in [1.54, 1.807) is 0 Å². The first kappa shape index (κ1) is 14.4. The summed E-state index contributed by atoms with van der Waals surface area (Å²) in [5.74, 6) is -2.00. The Morgan fingerprint density at radius 1 is 1.37 bits per heavy atom. The van der Waals surface area contributed by atoms with Crippen molar-refractivity contribution < 1.29 is 22.4 Å². The maximum Gasteiger partial charge on any atom is 0.393 e. The second-order valence-corrected chi connectivity index (χ2v) is 5.34. The van der Waals surface area contributed by atoms with E-state index >= 15 is 0 Å². The van der Waals surface area contributed by atoms with Crippen molar-refractivity contribution in [2.75, 3.05) is 0 Å². The lowest BCUT2D eigenvalue weighted by atomic mass is 9.84. The molecule has 1 heterocycles. The van der Waals surface area contributed by atoms with Crippen LogP contribution < -0.4 is 5.32 Å². The van der Waals surface area contributed by atoms with Gasteiger partial charge in [-0.2, -0.15) is 13.2 Å². The highest BCUT2D eigenvalue weighted by Crippen LogP contribution is 2.37. The zero-order valence-corrected chi connectivity index (χ0v) is 11.6. The molecule has 0 bridgehead atoms. The van der Waals surface area contributed by atoms with Crippen LogP contribution in [-0.2, 0) is 0 Å². The molecule has 0 saturated heterocycles. The fourth-order valence-electron chi connectivity index (χ4n) is 2.40. The van der Waals surface area contributed by atoms with Gasteiger partial charge >= 0.3 is 6.18 Å². The van der Waals surface area contributed by atoms with Gasteiger partial charge < -0.3 is 9.73 Å². The monoisotopic (exact) mass is 339 g/mol. The van der Waals surface area contributed by atoms with Gasteiger partial charge in [-0.3, -0.25) is 4.79 Å². The first-order valence-corrected chi connectivity index (χ1v) is 6.79. The largest absolute Gasteiger partial charge is 0.457 e. The van der Waals surface area contributed by atoms with Gasteiger partial charge in [0, 0.05) is 6.04 Å². The molecule has 1 N–H and O–H groups in total. The summed E-state index contributed by atoms with van der Waals surface area (Å²) in [6.07, 6.45) is -1.30. The molecule has 7 heteroatoms. The molecule has 1 fully saturated rings. The van der Waals surface area contributed by atoms with E-state index in [2.05, 4.69) is 21.2 Å². The third-order valence-corrected chi connectivity index (χ3v) is 3.98. The smallest absolute Gasteiger partial charge is 0.393 e. The van der Waals surface area contributed by atoms with Crippen LogP contribution in [-0.4, -0.2) is 18.1 Å². The van der Waals surface area contributed by atoms with Crippen LogP contribution in [0.5, 0.6) is 0 Å². The number of hydrogen-bond acceptors (Lipinski definition) is 2. The highest BCUT2D eigenvalue weighted by atomic mass is 79.9. The van der Waals surface area contributed by atoms with E-state index in [0.29, 0.717) is 19.3 Å². The summed E-state index contributed by atoms with van der Waals surface area (Å²) in [5.41, 5.74) is 0.214. The molecular weight excluding hydrogens is 327 g/mol. The van der Waals surface area contributed by atoms with Gasteiger partial charge in [-0.25, -0.2) is 0 Å². The van der Waals surface area contributed by atoms with E-state index in [1.807, 2.05) is 0 Å². The third-order valence-electron chi connectivity index (χ3n) is 3.37. The molecule has 106 valence electrons. The molecule has 0 spiro atoms. The standard InChI is InChI=1S/C12H13BrF3NO2/c13-10-7(5-6-19-10)11(18)17-9-4-2-1-3-8(9)12(14,15)16/h5-6,8-9H,1-4H2,(H,17,18). The molecule has 0 radical (unpaired) electrons. The minimum Gasteiger partial charge on any atom is -0.457 e. The SMILES string of the molecule is O=C(NC1CCCCC1C(F)(F)F)c1ccoc1Br. The van der Waals surface area contributed by atoms with Crippen molar-refractivity contribution >= 4 is 21.8 Å². The molecule has 2 rings (SSSR count). The summed E-state index contributed by atoms with van der Waals surface area (Å²) < 4.78 is 43.8. The Morgan fingerprint density at radius 3 is 2.63 bits per heavy atom. The van der Waals surface area contributed by atoms with Crippen molar-refractivity contribution in [2.24, 2.45) is 5.92 Å². The van der Waals surface area contributed by atoms with Crippen molar-refractivity contribution in [3.63, 3.8) is 0 Å². The summed E-state index contributed by atoms with van der Waals surface area (Å²) in [6, 6.07) is 0.563. The average molecular weight is 340 g/mol. The summed E-state index contributed by atoms with van der Waals surface area (Å²) >= 11 is 3.04. The molecule has 1 aromatic heterocycles. The van der Waals surface area contributed by atoms with E-state index in [9.17, 15) is 18.0 Å². The number of rotatable bonds is 2. The van der Waals surface area contributed by atoms with Crippen molar-refractivity contribution in [2.45, 2.75) is 37.9 Å². The molecule has 0 aliphatic heterocycles. The molecular formula is C12H13BrF3NO2. The second-order valence-electron chi connectivity index (χ2n) is 4.62. The number of hydrogen-bond donors (Lipinski definition) is 1. The Hall–Kier alpha value is -0.980. The Labute approximate surface area is 116 Å². The Bertz CT molecular complexity index is 458. The van der Waals surface area contributed by atoms with E-state index in [0.717, 1.165) is 0 Å². The third kappa shape index (κ3) is 3.32. The normalized spacial score (nSPS) is 24.2. The molecule has 2 atom stereocenters. The fourth-order valence-corrected chi connectivity index (χ4v) is 2.82. The van der Waals surface area contributed by atoms with Crippen LogP contribution >= 0.6 is 15.9 Å². The molecule has 1 aliphatic carbocycles. The highest BCUT2D eigenvalue weighted by Gasteiger charge is 2.46. The van der Waals surface area contributed by atoms with Gasteiger partial charge in [-0.05, 0) is 34.8 Å². The Morgan fingerprint density at radius 2 is 2.05 bits per heavy atom. The van der Waals surface area contributed by atoms with Crippen LogP contribution in [0.15, 0.2) is 21.4 Å². The highest BCUT2D eigenvalue weighted by molar-refractivity contribution is 9.10. The van der Waals surface area contributed by atoms with E-state index < -0.39 is 24.0 Å². The lowest BCUT2D eigenvalue weighted by Gasteiger charge is -2.33. The number of carbonyl (C=O) groups is 1. The average Bonchev–Trinajstić information content (AvgIpc) is 2.75. The molecule has 1 amide bonds. The zero-order chi connectivity index (χ0) is 14.0. The number of alkyl halides is 3. The number of nitrogens with one attached hydrogen (secondary N) is 1. The molecule has 1 aromatic rings. The van der Waals surface area contributed by atoms with Gasteiger partial charge in [-0.1, -0.05) is 12.8 Å². The minimum atomic E-state index is -4.27. The fraction of sp³-hybridized carbons (Fsp3) is 0.583. The summed E-state index contributed by atoms with van der Waals surface area (Å²) in [6.45, 7) is 0. The molecule has 3 nitrogen and oxygen atoms in total. The van der Waals surface area contributed by atoms with Crippen molar-refractivity contribution in [3.05, 3.63) is 22.6 Å². The summed E-state index contributed by atoms with van der Waals surface area (Å²) in [7, 11) is 0. The predicted octanol–water partition coefficient (Wildman–Crippen LogP) is 3.89. The molecule has 19 heavy (non-hydrogen) atoms. The van der Waals surface area contributed by atoms with Crippen LogP contribution in [0, 0.1) is 5.92 Å². The molecule has 1 saturated carbocycles. The van der Waals surface area contributed by atoms with E-state index in [-0.39, 0.29) is 16.7 Å². The number of carbonyl (C=O) groups excluding carboxylic acids is 1. The molecule has 1 aliphatic rings. The lowest BCUT2D eigenvalue weighted by Crippen LogP contribution is -2.47. The molecule has 2 unspecified atom stereocenters. The summed E-state index contributed by atoms with van der Waals surface area (Å²) in [4.78, 5) is 11.9. The topological polar surface area (TPSA) is 42.2 Å². The quantitative estimate of drug-likeness (QED) is 0.887. The number of furan rings is 1. The predicted molar refractivity (Wildman–Crippen MR) is 65.7 cm³/mol. The maximum atomic E-state index is 12.9. The van der Waals surface area contributed by atoms with Gasteiger partial charge in [0.2, 0.25) is 0 Å². The van der Waals surface area contributed by atoms with Gasteiger partial charge in [-0.15, -0.1) is 0 Å². The summed E-state index contributed by atoms with van der Waals surface area (Å²) in [5, 5.41) is 2.47. The number of halogens is 4. The van der Waals surface area contributed by atoms with Crippen LogP contribution in [0.2, 0.25) is 0 Å². The van der Waals surface area contributed by atoms with Crippen LogP contribution in [0.25, 0.3) is 0 Å². The Balaban J connectivity index is 2.08. The lowest BCUT2D eigenvalue weighted by molar-refractivity contribution is -0.187. The number of amides is 1.